The van der Waals surface area contributed by atoms with Gasteiger partial charge in [-0.3, -0.25) is 0 Å². The fourth-order valence-electron chi connectivity index (χ4n) is 3.45. The Bertz CT molecular complexity index is 1090. The van der Waals surface area contributed by atoms with Gasteiger partial charge in [0.25, 0.3) is 0 Å². The van der Waals surface area contributed by atoms with E-state index in [0.29, 0.717) is 18.7 Å². The molecule has 0 amide bonds. The molecule has 0 spiro atoms. The second-order valence-corrected chi connectivity index (χ2v) is 8.98. The van der Waals surface area contributed by atoms with E-state index in [1.54, 1.807) is 12.1 Å². The van der Waals surface area contributed by atoms with Crippen LogP contribution in [-0.4, -0.2) is 38.7 Å². The normalized spacial score (nSPS) is 20.0. The van der Waals surface area contributed by atoms with E-state index >= 15 is 0 Å². The molecule has 1 aliphatic rings. The van der Waals surface area contributed by atoms with Crippen molar-refractivity contribution < 1.29 is 22.0 Å². The van der Waals surface area contributed by atoms with Crippen LogP contribution in [0.3, 0.4) is 0 Å². The van der Waals surface area contributed by atoms with Gasteiger partial charge >= 0.3 is 0 Å². The van der Waals surface area contributed by atoms with Crippen molar-refractivity contribution in [1.29, 1.82) is 0 Å². The summed E-state index contributed by atoms with van der Waals surface area (Å²) in [4.78, 5) is 6.15. The highest BCUT2D eigenvalue weighted by atomic mass is 32.2. The summed E-state index contributed by atoms with van der Waals surface area (Å²) >= 11 is 0. The average Bonchev–Trinajstić information content (AvgIpc) is 3.15. The number of anilines is 1. The predicted molar refractivity (Wildman–Crippen MR) is 106 cm³/mol. The van der Waals surface area contributed by atoms with Crippen molar-refractivity contribution in [3.05, 3.63) is 60.4 Å². The van der Waals surface area contributed by atoms with Gasteiger partial charge in [0.1, 0.15) is 5.82 Å². The highest BCUT2D eigenvalue weighted by molar-refractivity contribution is 7.91. The maximum Gasteiger partial charge on any atom is 0.236 e. The number of nitrogens with zero attached hydrogens (tertiary/aromatic N) is 2. The third-order valence-corrected chi connectivity index (χ3v) is 6.35. The lowest BCUT2D eigenvalue weighted by molar-refractivity contribution is -0.00657. The number of hydrogen-bond acceptors (Lipinski definition) is 6. The lowest BCUT2D eigenvalue weighted by Gasteiger charge is -2.35. The Morgan fingerprint density at radius 3 is 2.24 bits per heavy atom. The highest BCUT2D eigenvalue weighted by Crippen LogP contribution is 2.35. The molecular formula is C21H21FN2O4S. The second-order valence-electron chi connectivity index (χ2n) is 7.12. The summed E-state index contributed by atoms with van der Waals surface area (Å²) in [5.74, 6) is -0.117. The first kappa shape index (κ1) is 19.6. The Kier molecular flexibility index (Phi) is 5.14. The van der Waals surface area contributed by atoms with Gasteiger partial charge in [-0.1, -0.05) is 18.2 Å². The highest BCUT2D eigenvalue weighted by Gasteiger charge is 2.34. The zero-order valence-corrected chi connectivity index (χ0v) is 16.9. The van der Waals surface area contributed by atoms with E-state index < -0.39 is 15.7 Å². The molecule has 1 fully saturated rings. The molecular weight excluding hydrogens is 395 g/mol. The Hall–Kier alpha value is -2.71. The number of benzene rings is 2. The second kappa shape index (κ2) is 7.61. The van der Waals surface area contributed by atoms with Crippen LogP contribution in [0.2, 0.25) is 0 Å². The van der Waals surface area contributed by atoms with E-state index in [-0.39, 0.29) is 33.9 Å². The van der Waals surface area contributed by atoms with E-state index in [1.807, 2.05) is 36.9 Å². The molecule has 0 bridgehead atoms. The minimum absolute atomic E-state index is 0.0394. The quantitative estimate of drug-likeness (QED) is 0.600. The van der Waals surface area contributed by atoms with Crippen molar-refractivity contribution in [3.63, 3.8) is 0 Å². The molecule has 2 heterocycles. The van der Waals surface area contributed by atoms with Crippen molar-refractivity contribution in [2.75, 3.05) is 18.0 Å². The van der Waals surface area contributed by atoms with Crippen molar-refractivity contribution in [1.82, 2.24) is 4.98 Å². The van der Waals surface area contributed by atoms with Gasteiger partial charge in [0, 0.05) is 18.7 Å². The Labute approximate surface area is 168 Å². The van der Waals surface area contributed by atoms with Crippen LogP contribution in [0.15, 0.2) is 68.9 Å². The molecule has 0 N–H and O–H groups in total. The van der Waals surface area contributed by atoms with Crippen LogP contribution in [0, 0.1) is 5.82 Å². The molecule has 152 valence electrons. The molecule has 2 atom stereocenters. The molecule has 1 aromatic heterocycles. The smallest absolute Gasteiger partial charge is 0.236 e. The van der Waals surface area contributed by atoms with Gasteiger partial charge in [-0.05, 0) is 50.2 Å². The van der Waals surface area contributed by atoms with Crippen molar-refractivity contribution in [2.45, 2.75) is 36.0 Å². The zero-order valence-electron chi connectivity index (χ0n) is 16.1. The minimum atomic E-state index is -4.01. The van der Waals surface area contributed by atoms with Crippen LogP contribution >= 0.6 is 0 Å². The lowest BCUT2D eigenvalue weighted by atomic mass is 10.2. The molecule has 3 aromatic rings. The number of aromatic nitrogens is 1. The molecule has 1 saturated heterocycles. The lowest BCUT2D eigenvalue weighted by Crippen LogP contribution is -2.45. The third kappa shape index (κ3) is 3.90. The summed E-state index contributed by atoms with van der Waals surface area (Å²) in [5, 5.41) is -0.177. The summed E-state index contributed by atoms with van der Waals surface area (Å²) in [5.41, 5.74) is 0.670. The van der Waals surface area contributed by atoms with Crippen molar-refractivity contribution >= 4 is 15.7 Å². The summed E-state index contributed by atoms with van der Waals surface area (Å²) in [6.45, 7) is 4.79. The van der Waals surface area contributed by atoms with Crippen LogP contribution in [0.4, 0.5) is 10.3 Å². The maximum atomic E-state index is 13.3. The first-order valence-corrected chi connectivity index (χ1v) is 10.8. The predicted octanol–water partition coefficient (Wildman–Crippen LogP) is 3.93. The van der Waals surface area contributed by atoms with E-state index in [4.69, 9.17) is 9.15 Å². The molecule has 0 unspecified atom stereocenters. The number of morpholine rings is 1. The minimum Gasteiger partial charge on any atom is -0.419 e. The summed E-state index contributed by atoms with van der Waals surface area (Å²) in [6, 6.07) is 13.8. The molecule has 0 radical (unpaired) electrons. The van der Waals surface area contributed by atoms with Crippen LogP contribution in [0.1, 0.15) is 13.8 Å². The number of oxazole rings is 1. The largest absolute Gasteiger partial charge is 0.419 e. The van der Waals surface area contributed by atoms with E-state index in [1.165, 1.54) is 12.1 Å². The topological polar surface area (TPSA) is 72.6 Å². The van der Waals surface area contributed by atoms with Crippen molar-refractivity contribution in [2.24, 2.45) is 0 Å². The van der Waals surface area contributed by atoms with Gasteiger partial charge in [0.2, 0.25) is 26.6 Å². The first-order chi connectivity index (χ1) is 13.8. The van der Waals surface area contributed by atoms with Crippen LogP contribution < -0.4 is 4.90 Å². The molecule has 29 heavy (non-hydrogen) atoms. The van der Waals surface area contributed by atoms with Gasteiger partial charge < -0.3 is 14.1 Å². The number of ether oxygens (including phenoxy) is 1. The maximum absolute atomic E-state index is 13.3. The third-order valence-electron chi connectivity index (χ3n) is 4.69. The fraction of sp³-hybridized carbons (Fsp3) is 0.286. The van der Waals surface area contributed by atoms with Crippen molar-refractivity contribution in [3.8, 4) is 11.5 Å². The first-order valence-electron chi connectivity index (χ1n) is 9.32. The molecule has 0 aliphatic carbocycles. The van der Waals surface area contributed by atoms with Gasteiger partial charge in [-0.15, -0.1) is 0 Å². The molecule has 2 aromatic carbocycles. The molecule has 0 saturated carbocycles. The molecule has 6 nitrogen and oxygen atoms in total. The molecule has 4 rings (SSSR count). The van der Waals surface area contributed by atoms with Gasteiger partial charge in [0.15, 0.2) is 0 Å². The molecule has 1 aliphatic heterocycles. The van der Waals surface area contributed by atoms with Crippen LogP contribution in [0.5, 0.6) is 0 Å². The standard InChI is InChI=1S/C21H21FN2O4S/c1-14-12-24(13-15(2)27-14)21-20(23-19(28-21)16-6-4-3-5-7-16)29(25,26)18-10-8-17(22)9-11-18/h3-11,14-15H,12-13H2,1-2H3/t14-,15-/m1/s1. The number of sulfone groups is 1. The number of hydrogen-bond donors (Lipinski definition) is 0. The SMILES string of the molecule is C[C@@H]1CN(c2oc(-c3ccccc3)nc2S(=O)(=O)c2ccc(F)cc2)C[C@@H](C)O1. The summed E-state index contributed by atoms with van der Waals surface area (Å²) < 4.78 is 51.7. The van der Waals surface area contributed by atoms with Crippen LogP contribution in [0.25, 0.3) is 11.5 Å². The van der Waals surface area contributed by atoms with Crippen LogP contribution in [-0.2, 0) is 14.6 Å². The van der Waals surface area contributed by atoms with E-state index in [0.717, 1.165) is 12.1 Å². The Morgan fingerprint density at radius 1 is 1.00 bits per heavy atom. The Morgan fingerprint density at radius 2 is 1.62 bits per heavy atom. The molecule has 8 heteroatoms. The summed E-state index contributed by atoms with van der Waals surface area (Å²) in [7, 11) is -4.01. The van der Waals surface area contributed by atoms with Gasteiger partial charge in [-0.25, -0.2) is 12.8 Å². The number of halogens is 1. The number of rotatable bonds is 4. The summed E-state index contributed by atoms with van der Waals surface area (Å²) in [6.07, 6.45) is -0.184. The van der Waals surface area contributed by atoms with E-state index in [2.05, 4.69) is 4.98 Å². The zero-order chi connectivity index (χ0) is 20.6. The Balaban J connectivity index is 1.85. The van der Waals surface area contributed by atoms with Gasteiger partial charge in [-0.2, -0.15) is 4.98 Å². The fourth-order valence-corrected chi connectivity index (χ4v) is 4.77. The monoisotopic (exact) mass is 416 g/mol. The average molecular weight is 416 g/mol. The van der Waals surface area contributed by atoms with Gasteiger partial charge in [0.05, 0.1) is 17.1 Å². The van der Waals surface area contributed by atoms with E-state index in [9.17, 15) is 12.8 Å².